The molecule has 0 bridgehead atoms. The number of carbonyl (C=O) groups excluding carboxylic acids is 2. The Balaban J connectivity index is 1.69. The highest BCUT2D eigenvalue weighted by Crippen LogP contribution is 2.19. The van der Waals surface area contributed by atoms with Gasteiger partial charge in [0.1, 0.15) is 0 Å². The fraction of sp³-hybridized carbons (Fsp3) is 0.714. The van der Waals surface area contributed by atoms with Gasteiger partial charge >= 0.3 is 0 Å². The van der Waals surface area contributed by atoms with Crippen LogP contribution >= 0.6 is 0 Å². The third kappa shape index (κ3) is 4.80. The Bertz CT molecular complexity index is 516. The minimum atomic E-state index is -0.414. The minimum absolute atomic E-state index is 0.0306. The molecule has 1 aromatic heterocycles. The highest BCUT2D eigenvalue weighted by Gasteiger charge is 2.18. The molecule has 1 fully saturated rings. The predicted octanol–water partition coefficient (Wildman–Crippen LogP) is 0.167. The lowest BCUT2D eigenvalue weighted by Gasteiger charge is -2.29. The van der Waals surface area contributed by atoms with E-state index in [1.165, 1.54) is 19.9 Å². The summed E-state index contributed by atoms with van der Waals surface area (Å²) in [5.41, 5.74) is 0. The molecular formula is C14H23N5O3. The standard InChI is InChI=1S/C14H23N5O3/c1-15-14(21)13-17-12(22-18-13)8-16-11(20)6-5-10-4-3-7-19(2)9-10/h10H,3-9H2,1-2H3,(H,15,21)(H,16,20)/t10-/m0/s1. The number of nitrogens with one attached hydrogen (secondary N) is 2. The molecule has 1 aliphatic rings. The van der Waals surface area contributed by atoms with Crippen LogP contribution in [0.5, 0.6) is 0 Å². The lowest BCUT2D eigenvalue weighted by molar-refractivity contribution is -0.121. The summed E-state index contributed by atoms with van der Waals surface area (Å²) in [6.07, 6.45) is 3.78. The van der Waals surface area contributed by atoms with Gasteiger partial charge in [-0.15, -0.1) is 0 Å². The van der Waals surface area contributed by atoms with Crippen LogP contribution in [0.25, 0.3) is 0 Å². The molecule has 1 aromatic rings. The average molecular weight is 309 g/mol. The molecule has 1 aliphatic heterocycles. The van der Waals surface area contributed by atoms with Crippen molar-refractivity contribution in [2.24, 2.45) is 5.92 Å². The molecular weight excluding hydrogens is 286 g/mol. The van der Waals surface area contributed by atoms with E-state index in [1.54, 1.807) is 0 Å². The normalized spacial score (nSPS) is 18.9. The summed E-state index contributed by atoms with van der Waals surface area (Å²) in [4.78, 5) is 29.3. The predicted molar refractivity (Wildman–Crippen MR) is 79.0 cm³/mol. The largest absolute Gasteiger partial charge is 0.352 e. The van der Waals surface area contributed by atoms with E-state index in [2.05, 4.69) is 32.7 Å². The Morgan fingerprint density at radius 1 is 1.45 bits per heavy atom. The molecule has 2 heterocycles. The van der Waals surface area contributed by atoms with Crippen molar-refractivity contribution in [1.29, 1.82) is 0 Å². The van der Waals surface area contributed by atoms with Crippen molar-refractivity contribution in [2.45, 2.75) is 32.2 Å². The molecule has 2 amide bonds. The Kier molecular flexibility index (Phi) is 5.88. The second-order valence-electron chi connectivity index (χ2n) is 5.68. The molecule has 22 heavy (non-hydrogen) atoms. The first kappa shape index (κ1) is 16.4. The molecule has 0 aromatic carbocycles. The van der Waals surface area contributed by atoms with Crippen LogP contribution in [0.2, 0.25) is 0 Å². The van der Waals surface area contributed by atoms with E-state index in [4.69, 9.17) is 4.52 Å². The number of hydrogen-bond donors (Lipinski definition) is 2. The Hall–Kier alpha value is -1.96. The lowest BCUT2D eigenvalue weighted by Crippen LogP contribution is -2.33. The number of piperidine rings is 1. The Labute approximate surface area is 129 Å². The monoisotopic (exact) mass is 309 g/mol. The van der Waals surface area contributed by atoms with Gasteiger partial charge in [0, 0.05) is 20.0 Å². The SMILES string of the molecule is CNC(=O)c1noc(CNC(=O)CC[C@@H]2CCCN(C)C2)n1. The summed E-state index contributed by atoms with van der Waals surface area (Å²) in [5.74, 6) is 0.338. The molecule has 122 valence electrons. The van der Waals surface area contributed by atoms with E-state index < -0.39 is 5.91 Å². The molecule has 0 radical (unpaired) electrons. The maximum atomic E-state index is 11.8. The molecule has 0 saturated carbocycles. The molecule has 1 saturated heterocycles. The summed E-state index contributed by atoms with van der Waals surface area (Å²) in [5, 5.41) is 8.68. The summed E-state index contributed by atoms with van der Waals surface area (Å²) in [6, 6.07) is 0. The Morgan fingerprint density at radius 2 is 2.27 bits per heavy atom. The molecule has 1 atom stereocenters. The van der Waals surface area contributed by atoms with Gasteiger partial charge in [-0.2, -0.15) is 4.98 Å². The number of aromatic nitrogens is 2. The molecule has 0 spiro atoms. The molecule has 2 N–H and O–H groups in total. The third-order valence-corrected chi connectivity index (χ3v) is 3.84. The number of carbonyl (C=O) groups is 2. The fourth-order valence-electron chi connectivity index (χ4n) is 2.64. The maximum absolute atomic E-state index is 11.8. The van der Waals surface area contributed by atoms with Crippen molar-refractivity contribution in [3.63, 3.8) is 0 Å². The van der Waals surface area contributed by atoms with Gasteiger partial charge in [-0.1, -0.05) is 5.16 Å². The molecule has 8 heteroatoms. The zero-order valence-electron chi connectivity index (χ0n) is 13.1. The zero-order chi connectivity index (χ0) is 15.9. The molecule has 0 aliphatic carbocycles. The first-order valence-corrected chi connectivity index (χ1v) is 7.58. The number of rotatable bonds is 6. The number of hydrogen-bond acceptors (Lipinski definition) is 6. The van der Waals surface area contributed by atoms with E-state index >= 15 is 0 Å². The van der Waals surface area contributed by atoms with Crippen molar-refractivity contribution >= 4 is 11.8 Å². The second-order valence-corrected chi connectivity index (χ2v) is 5.68. The van der Waals surface area contributed by atoms with E-state index in [-0.39, 0.29) is 24.2 Å². The fourth-order valence-corrected chi connectivity index (χ4v) is 2.64. The van der Waals surface area contributed by atoms with Crippen LogP contribution in [0.4, 0.5) is 0 Å². The van der Waals surface area contributed by atoms with Crippen molar-refractivity contribution < 1.29 is 14.1 Å². The molecule has 0 unspecified atom stereocenters. The number of likely N-dealkylation sites (tertiary alicyclic amines) is 1. The van der Waals surface area contributed by atoms with E-state index in [0.29, 0.717) is 12.3 Å². The van der Waals surface area contributed by atoms with Gasteiger partial charge < -0.3 is 20.1 Å². The molecule has 8 nitrogen and oxygen atoms in total. The van der Waals surface area contributed by atoms with Gasteiger partial charge in [0.15, 0.2) is 0 Å². The zero-order valence-corrected chi connectivity index (χ0v) is 13.1. The lowest BCUT2D eigenvalue weighted by atomic mass is 9.93. The van der Waals surface area contributed by atoms with Gasteiger partial charge in [0.2, 0.25) is 11.8 Å². The quantitative estimate of drug-likeness (QED) is 0.777. The first-order chi connectivity index (χ1) is 10.6. The van der Waals surface area contributed by atoms with E-state index in [9.17, 15) is 9.59 Å². The van der Waals surface area contributed by atoms with Gasteiger partial charge in [-0.3, -0.25) is 9.59 Å². The average Bonchev–Trinajstić information content (AvgIpc) is 2.99. The van der Waals surface area contributed by atoms with Gasteiger partial charge in [-0.05, 0) is 38.8 Å². The van der Waals surface area contributed by atoms with Crippen molar-refractivity contribution in [1.82, 2.24) is 25.7 Å². The summed E-state index contributed by atoms with van der Waals surface area (Å²) < 4.78 is 4.90. The van der Waals surface area contributed by atoms with Crippen LogP contribution in [0.15, 0.2) is 4.52 Å². The second kappa shape index (κ2) is 7.88. The van der Waals surface area contributed by atoms with Crippen LogP contribution in [0.1, 0.15) is 42.2 Å². The van der Waals surface area contributed by atoms with Crippen molar-refractivity contribution in [2.75, 3.05) is 27.2 Å². The number of amides is 2. The minimum Gasteiger partial charge on any atom is -0.352 e. The highest BCUT2D eigenvalue weighted by molar-refractivity contribution is 5.89. The van der Waals surface area contributed by atoms with Crippen LogP contribution in [-0.2, 0) is 11.3 Å². The van der Waals surface area contributed by atoms with Crippen LogP contribution in [-0.4, -0.2) is 54.0 Å². The first-order valence-electron chi connectivity index (χ1n) is 7.58. The van der Waals surface area contributed by atoms with E-state index in [1.807, 2.05) is 0 Å². The molecule has 2 rings (SSSR count). The van der Waals surface area contributed by atoms with Crippen LogP contribution in [0.3, 0.4) is 0 Å². The van der Waals surface area contributed by atoms with Crippen molar-refractivity contribution in [3.8, 4) is 0 Å². The summed E-state index contributed by atoms with van der Waals surface area (Å²) >= 11 is 0. The van der Waals surface area contributed by atoms with Gasteiger partial charge in [0.25, 0.3) is 11.7 Å². The maximum Gasteiger partial charge on any atom is 0.292 e. The van der Waals surface area contributed by atoms with Crippen LogP contribution < -0.4 is 10.6 Å². The summed E-state index contributed by atoms with van der Waals surface area (Å²) in [7, 11) is 3.61. The smallest absolute Gasteiger partial charge is 0.292 e. The number of nitrogens with zero attached hydrogens (tertiary/aromatic N) is 3. The van der Waals surface area contributed by atoms with Gasteiger partial charge in [0.05, 0.1) is 6.54 Å². The Morgan fingerprint density at radius 3 is 3.00 bits per heavy atom. The summed E-state index contributed by atoms with van der Waals surface area (Å²) in [6.45, 7) is 2.35. The highest BCUT2D eigenvalue weighted by atomic mass is 16.5. The third-order valence-electron chi connectivity index (χ3n) is 3.84. The van der Waals surface area contributed by atoms with Crippen molar-refractivity contribution in [3.05, 3.63) is 11.7 Å². The van der Waals surface area contributed by atoms with Gasteiger partial charge in [-0.25, -0.2) is 0 Å². The van der Waals surface area contributed by atoms with E-state index in [0.717, 1.165) is 19.5 Å². The van der Waals surface area contributed by atoms with Crippen LogP contribution in [0, 0.1) is 5.92 Å². The topological polar surface area (TPSA) is 100 Å².